The van der Waals surface area contributed by atoms with Crippen molar-refractivity contribution < 1.29 is 9.53 Å². The molecule has 1 heterocycles. The zero-order chi connectivity index (χ0) is 16.8. The highest BCUT2D eigenvalue weighted by Crippen LogP contribution is 2.21. The number of hydrogen-bond acceptors (Lipinski definition) is 4. The van der Waals surface area contributed by atoms with Crippen LogP contribution in [0.1, 0.15) is 18.5 Å². The van der Waals surface area contributed by atoms with Crippen LogP contribution in [-0.4, -0.2) is 20.7 Å². The van der Waals surface area contributed by atoms with E-state index in [0.29, 0.717) is 6.54 Å². The summed E-state index contributed by atoms with van der Waals surface area (Å²) in [6.45, 7) is 2.23. The molecule has 0 aliphatic rings. The summed E-state index contributed by atoms with van der Waals surface area (Å²) in [5.74, 6) is 1.44. The lowest BCUT2D eigenvalue weighted by atomic mass is 10.2. The third-order valence-corrected chi connectivity index (χ3v) is 3.58. The van der Waals surface area contributed by atoms with Gasteiger partial charge in [0.2, 0.25) is 5.91 Å². The topological polar surface area (TPSA) is 69.0 Å². The first-order chi connectivity index (χ1) is 11.7. The van der Waals surface area contributed by atoms with E-state index >= 15 is 0 Å². The van der Waals surface area contributed by atoms with Crippen LogP contribution >= 0.6 is 0 Å². The Morgan fingerprint density at radius 1 is 1.12 bits per heavy atom. The summed E-state index contributed by atoms with van der Waals surface area (Å²) in [5, 5.41) is 6.86. The van der Waals surface area contributed by atoms with E-state index in [0.717, 1.165) is 17.1 Å². The summed E-state index contributed by atoms with van der Waals surface area (Å²) < 4.78 is 7.26. The van der Waals surface area contributed by atoms with Crippen molar-refractivity contribution in [1.82, 2.24) is 20.1 Å². The van der Waals surface area contributed by atoms with Gasteiger partial charge < -0.3 is 10.1 Å². The number of ether oxygens (including phenoxy) is 1. The molecule has 6 nitrogen and oxygen atoms in total. The van der Waals surface area contributed by atoms with Gasteiger partial charge in [0.1, 0.15) is 30.2 Å². The van der Waals surface area contributed by atoms with Crippen LogP contribution in [-0.2, 0) is 11.3 Å². The number of para-hydroxylation sites is 1. The molecule has 1 atom stereocenters. The van der Waals surface area contributed by atoms with Gasteiger partial charge in [-0.15, -0.1) is 0 Å². The molecule has 0 saturated carbocycles. The number of hydrogen-bond donors (Lipinski definition) is 1. The van der Waals surface area contributed by atoms with Gasteiger partial charge in [-0.2, -0.15) is 5.10 Å². The molecular formula is C18H18N4O2. The zero-order valence-corrected chi connectivity index (χ0v) is 13.3. The lowest BCUT2D eigenvalue weighted by Gasteiger charge is -2.12. The van der Waals surface area contributed by atoms with Crippen molar-refractivity contribution in [2.75, 3.05) is 0 Å². The van der Waals surface area contributed by atoms with Gasteiger partial charge >= 0.3 is 0 Å². The maximum absolute atomic E-state index is 12.1. The highest BCUT2D eigenvalue weighted by atomic mass is 16.5. The maximum atomic E-state index is 12.1. The van der Waals surface area contributed by atoms with Crippen LogP contribution in [0.2, 0.25) is 0 Å². The number of nitrogens with one attached hydrogen (secondary N) is 1. The van der Waals surface area contributed by atoms with Crippen LogP contribution in [0.15, 0.2) is 67.3 Å². The first kappa shape index (κ1) is 15.7. The highest BCUT2D eigenvalue weighted by Gasteiger charge is 2.14. The Hall–Kier alpha value is -3.15. The molecule has 2 aromatic carbocycles. The Bertz CT molecular complexity index is 771. The minimum Gasteiger partial charge on any atom is -0.457 e. The fraction of sp³-hybridized carbons (Fsp3) is 0.167. The van der Waals surface area contributed by atoms with Crippen molar-refractivity contribution in [3.8, 4) is 11.5 Å². The molecule has 1 aromatic heterocycles. The quantitative estimate of drug-likeness (QED) is 0.757. The summed E-state index contributed by atoms with van der Waals surface area (Å²) in [6, 6.07) is 16.8. The van der Waals surface area contributed by atoms with Crippen LogP contribution in [0, 0.1) is 0 Å². The van der Waals surface area contributed by atoms with Gasteiger partial charge in [-0.05, 0) is 36.8 Å². The highest BCUT2D eigenvalue weighted by molar-refractivity contribution is 5.79. The number of aromatic nitrogens is 3. The SMILES string of the molecule is C[C@H](C(=O)NCc1ccc(Oc2ccccc2)cc1)n1cncn1. The molecule has 0 aliphatic carbocycles. The largest absolute Gasteiger partial charge is 0.457 e. The smallest absolute Gasteiger partial charge is 0.244 e. The Morgan fingerprint density at radius 3 is 2.50 bits per heavy atom. The van der Waals surface area contributed by atoms with Crippen LogP contribution in [0.5, 0.6) is 11.5 Å². The van der Waals surface area contributed by atoms with Gasteiger partial charge in [-0.25, -0.2) is 9.67 Å². The third kappa shape index (κ3) is 3.98. The third-order valence-electron chi connectivity index (χ3n) is 3.58. The second-order valence-electron chi connectivity index (χ2n) is 5.33. The van der Waals surface area contributed by atoms with Crippen molar-refractivity contribution in [3.05, 3.63) is 72.8 Å². The monoisotopic (exact) mass is 322 g/mol. The Balaban J connectivity index is 1.54. The zero-order valence-electron chi connectivity index (χ0n) is 13.3. The first-order valence-corrected chi connectivity index (χ1v) is 7.66. The van der Waals surface area contributed by atoms with E-state index in [1.165, 1.54) is 17.3 Å². The molecule has 3 rings (SSSR count). The van der Waals surface area contributed by atoms with E-state index in [9.17, 15) is 4.79 Å². The number of benzene rings is 2. The van der Waals surface area contributed by atoms with Gasteiger partial charge in [0.05, 0.1) is 0 Å². The van der Waals surface area contributed by atoms with Gasteiger partial charge in [-0.3, -0.25) is 4.79 Å². The lowest BCUT2D eigenvalue weighted by molar-refractivity contribution is -0.124. The molecule has 1 amide bonds. The molecule has 0 saturated heterocycles. The number of nitrogens with zero attached hydrogens (tertiary/aromatic N) is 3. The predicted octanol–water partition coefficient (Wildman–Crippen LogP) is 2.95. The van der Waals surface area contributed by atoms with E-state index in [1.807, 2.05) is 54.6 Å². The van der Waals surface area contributed by atoms with Gasteiger partial charge in [0, 0.05) is 6.54 Å². The van der Waals surface area contributed by atoms with E-state index in [2.05, 4.69) is 15.4 Å². The van der Waals surface area contributed by atoms with Crippen molar-refractivity contribution in [2.24, 2.45) is 0 Å². The molecule has 0 fully saturated rings. The second-order valence-corrected chi connectivity index (χ2v) is 5.33. The molecule has 0 aliphatic heterocycles. The first-order valence-electron chi connectivity index (χ1n) is 7.66. The van der Waals surface area contributed by atoms with Crippen LogP contribution < -0.4 is 10.1 Å². The van der Waals surface area contributed by atoms with Gasteiger partial charge in [0.15, 0.2) is 0 Å². The molecule has 6 heteroatoms. The standard InChI is InChI=1S/C18H18N4O2/c1-14(22-13-19-12-21-22)18(23)20-11-15-7-9-17(10-8-15)24-16-5-3-2-4-6-16/h2-10,12-14H,11H2,1H3,(H,20,23)/t14-/m1/s1. The van der Waals surface area contributed by atoms with E-state index in [4.69, 9.17) is 4.74 Å². The molecule has 3 aromatic rings. The second kappa shape index (κ2) is 7.41. The normalized spacial score (nSPS) is 11.7. The molecule has 0 unspecified atom stereocenters. The average molecular weight is 322 g/mol. The van der Waals surface area contributed by atoms with Gasteiger partial charge in [-0.1, -0.05) is 30.3 Å². The van der Waals surface area contributed by atoms with Crippen LogP contribution in [0.25, 0.3) is 0 Å². The molecule has 24 heavy (non-hydrogen) atoms. The molecule has 0 bridgehead atoms. The van der Waals surface area contributed by atoms with Crippen molar-refractivity contribution in [2.45, 2.75) is 19.5 Å². The van der Waals surface area contributed by atoms with Crippen LogP contribution in [0.3, 0.4) is 0 Å². The summed E-state index contributed by atoms with van der Waals surface area (Å²) in [5.41, 5.74) is 0.995. The van der Waals surface area contributed by atoms with E-state index in [-0.39, 0.29) is 5.91 Å². The van der Waals surface area contributed by atoms with Crippen molar-refractivity contribution in [1.29, 1.82) is 0 Å². The molecule has 0 radical (unpaired) electrons. The van der Waals surface area contributed by atoms with E-state index < -0.39 is 6.04 Å². The van der Waals surface area contributed by atoms with Gasteiger partial charge in [0.25, 0.3) is 0 Å². The summed E-state index contributed by atoms with van der Waals surface area (Å²) >= 11 is 0. The number of rotatable bonds is 6. The predicted molar refractivity (Wildman–Crippen MR) is 89.5 cm³/mol. The summed E-state index contributed by atoms with van der Waals surface area (Å²) in [4.78, 5) is 15.9. The fourth-order valence-electron chi connectivity index (χ4n) is 2.17. The molecule has 1 N–H and O–H groups in total. The number of carbonyl (C=O) groups excluding carboxylic acids is 1. The molecule has 0 spiro atoms. The summed E-state index contributed by atoms with van der Waals surface area (Å²) in [7, 11) is 0. The molecular weight excluding hydrogens is 304 g/mol. The fourth-order valence-corrected chi connectivity index (χ4v) is 2.17. The average Bonchev–Trinajstić information content (AvgIpc) is 3.16. The number of amides is 1. The molecule has 122 valence electrons. The minimum absolute atomic E-state index is 0.106. The Labute approximate surface area is 140 Å². The maximum Gasteiger partial charge on any atom is 0.244 e. The summed E-state index contributed by atoms with van der Waals surface area (Å²) in [6.07, 6.45) is 2.94. The van der Waals surface area contributed by atoms with Crippen molar-refractivity contribution >= 4 is 5.91 Å². The van der Waals surface area contributed by atoms with E-state index in [1.54, 1.807) is 6.92 Å². The lowest BCUT2D eigenvalue weighted by Crippen LogP contribution is -2.30. The Morgan fingerprint density at radius 2 is 1.83 bits per heavy atom. The minimum atomic E-state index is -0.395. The van der Waals surface area contributed by atoms with Crippen molar-refractivity contribution in [3.63, 3.8) is 0 Å². The van der Waals surface area contributed by atoms with Crippen LogP contribution in [0.4, 0.5) is 0 Å². The Kier molecular flexibility index (Phi) is 4.86. The number of carbonyl (C=O) groups is 1.